The molecule has 0 aromatic heterocycles. The standard InChI is InChI=1S/C11H26O2Si/c1-5-8-11(9-6-2,10-7-3)13-14-12-4/h5-10,14H2,1-4H3. The maximum atomic E-state index is 6.02. The molecule has 0 spiro atoms. The fourth-order valence-corrected chi connectivity index (χ4v) is 2.94. The molecule has 0 atom stereocenters. The summed E-state index contributed by atoms with van der Waals surface area (Å²) in [5, 5.41) is 0. The maximum absolute atomic E-state index is 6.02. The minimum atomic E-state index is -0.743. The second kappa shape index (κ2) is 8.45. The molecule has 0 bridgehead atoms. The minimum absolute atomic E-state index is 0.139. The highest BCUT2D eigenvalue weighted by Crippen LogP contribution is 2.29. The van der Waals surface area contributed by atoms with Crippen molar-refractivity contribution >= 4 is 10.0 Å². The van der Waals surface area contributed by atoms with E-state index in [2.05, 4.69) is 20.8 Å². The molecule has 0 aromatic rings. The average molecular weight is 218 g/mol. The summed E-state index contributed by atoms with van der Waals surface area (Å²) < 4.78 is 11.2. The Hall–Kier alpha value is 0.137. The van der Waals surface area contributed by atoms with E-state index in [0.717, 1.165) is 0 Å². The highest BCUT2D eigenvalue weighted by Gasteiger charge is 2.27. The lowest BCUT2D eigenvalue weighted by Gasteiger charge is -2.33. The van der Waals surface area contributed by atoms with Gasteiger partial charge < -0.3 is 8.85 Å². The number of rotatable bonds is 9. The Morgan fingerprint density at radius 2 is 1.36 bits per heavy atom. The molecule has 0 aromatic carbocycles. The van der Waals surface area contributed by atoms with Crippen molar-refractivity contribution in [3.05, 3.63) is 0 Å². The molecule has 14 heavy (non-hydrogen) atoms. The Morgan fingerprint density at radius 1 is 0.929 bits per heavy atom. The fraction of sp³-hybridized carbons (Fsp3) is 1.00. The Labute approximate surface area is 91.4 Å². The van der Waals surface area contributed by atoms with E-state index in [-0.39, 0.29) is 5.60 Å². The predicted molar refractivity (Wildman–Crippen MR) is 64.1 cm³/mol. The highest BCUT2D eigenvalue weighted by atomic mass is 28.3. The van der Waals surface area contributed by atoms with Crippen LogP contribution in [0.1, 0.15) is 59.3 Å². The minimum Gasteiger partial charge on any atom is -0.402 e. The highest BCUT2D eigenvalue weighted by molar-refractivity contribution is 6.18. The zero-order chi connectivity index (χ0) is 10.9. The van der Waals surface area contributed by atoms with E-state index in [9.17, 15) is 0 Å². The van der Waals surface area contributed by atoms with Crippen LogP contribution < -0.4 is 0 Å². The van der Waals surface area contributed by atoms with Gasteiger partial charge in [-0.1, -0.05) is 40.0 Å². The molecule has 0 N–H and O–H groups in total. The second-order valence-corrected chi connectivity index (χ2v) is 5.09. The smallest absolute Gasteiger partial charge is 0.304 e. The van der Waals surface area contributed by atoms with Gasteiger partial charge in [0.1, 0.15) is 0 Å². The molecular formula is C11H26O2Si. The molecule has 0 fully saturated rings. The van der Waals surface area contributed by atoms with Crippen molar-refractivity contribution in [3.63, 3.8) is 0 Å². The molecule has 0 aliphatic carbocycles. The molecule has 0 saturated heterocycles. The number of hydrogen-bond donors (Lipinski definition) is 0. The van der Waals surface area contributed by atoms with E-state index in [1.165, 1.54) is 38.5 Å². The maximum Gasteiger partial charge on any atom is 0.304 e. The van der Waals surface area contributed by atoms with Crippen LogP contribution in [0.3, 0.4) is 0 Å². The van der Waals surface area contributed by atoms with E-state index in [0.29, 0.717) is 0 Å². The predicted octanol–water partition coefficient (Wildman–Crippen LogP) is 2.79. The van der Waals surface area contributed by atoms with Crippen LogP contribution in [0.15, 0.2) is 0 Å². The normalized spacial score (nSPS) is 12.9. The van der Waals surface area contributed by atoms with Gasteiger partial charge in [-0.15, -0.1) is 0 Å². The molecule has 0 aliphatic heterocycles. The summed E-state index contributed by atoms with van der Waals surface area (Å²) in [7, 11) is 1.01. The van der Waals surface area contributed by atoms with Crippen LogP contribution in [-0.2, 0) is 8.85 Å². The molecule has 0 amide bonds. The molecule has 0 rings (SSSR count). The van der Waals surface area contributed by atoms with E-state index in [1.807, 2.05) is 0 Å². The van der Waals surface area contributed by atoms with Gasteiger partial charge in [0.05, 0.1) is 5.60 Å². The molecular weight excluding hydrogens is 192 g/mol. The first-order valence-electron chi connectivity index (χ1n) is 5.87. The van der Waals surface area contributed by atoms with Gasteiger partial charge in [0.15, 0.2) is 0 Å². The second-order valence-electron chi connectivity index (χ2n) is 3.98. The summed E-state index contributed by atoms with van der Waals surface area (Å²) >= 11 is 0. The van der Waals surface area contributed by atoms with Crippen LogP contribution in [0.2, 0.25) is 0 Å². The van der Waals surface area contributed by atoms with Crippen molar-refractivity contribution in [2.75, 3.05) is 7.11 Å². The van der Waals surface area contributed by atoms with Crippen LogP contribution in [0.25, 0.3) is 0 Å². The van der Waals surface area contributed by atoms with Gasteiger partial charge in [0, 0.05) is 7.11 Å². The first-order valence-corrected chi connectivity index (χ1v) is 7.03. The molecule has 0 aliphatic rings. The van der Waals surface area contributed by atoms with Crippen molar-refractivity contribution < 1.29 is 8.85 Å². The van der Waals surface area contributed by atoms with Gasteiger partial charge in [0.2, 0.25) is 0 Å². The average Bonchev–Trinajstić information content (AvgIpc) is 2.16. The van der Waals surface area contributed by atoms with Crippen LogP contribution in [0.4, 0.5) is 0 Å². The topological polar surface area (TPSA) is 18.5 Å². The molecule has 0 radical (unpaired) electrons. The van der Waals surface area contributed by atoms with Crippen molar-refractivity contribution in [1.82, 2.24) is 0 Å². The van der Waals surface area contributed by atoms with Crippen molar-refractivity contribution in [3.8, 4) is 0 Å². The third-order valence-electron chi connectivity index (χ3n) is 2.60. The summed E-state index contributed by atoms with van der Waals surface area (Å²) in [6.45, 7) is 6.70. The van der Waals surface area contributed by atoms with Crippen molar-refractivity contribution in [2.24, 2.45) is 0 Å². The van der Waals surface area contributed by atoms with E-state index >= 15 is 0 Å². The summed E-state index contributed by atoms with van der Waals surface area (Å²) in [5.74, 6) is 0. The van der Waals surface area contributed by atoms with Crippen molar-refractivity contribution in [1.29, 1.82) is 0 Å². The number of hydrogen-bond acceptors (Lipinski definition) is 2. The van der Waals surface area contributed by atoms with Gasteiger partial charge in [-0.2, -0.15) is 0 Å². The lowest BCUT2D eigenvalue weighted by atomic mass is 9.88. The molecule has 86 valence electrons. The van der Waals surface area contributed by atoms with E-state index in [1.54, 1.807) is 7.11 Å². The fourth-order valence-electron chi connectivity index (χ4n) is 2.14. The summed E-state index contributed by atoms with van der Waals surface area (Å²) in [4.78, 5) is 0. The zero-order valence-corrected chi connectivity index (χ0v) is 11.7. The summed E-state index contributed by atoms with van der Waals surface area (Å²) in [5.41, 5.74) is 0.139. The summed E-state index contributed by atoms with van der Waals surface area (Å²) in [6.07, 6.45) is 7.18. The molecule has 0 saturated carbocycles. The Bertz CT molecular complexity index is 111. The van der Waals surface area contributed by atoms with Gasteiger partial charge in [-0.05, 0) is 19.3 Å². The van der Waals surface area contributed by atoms with Gasteiger partial charge >= 0.3 is 10.0 Å². The molecule has 0 heterocycles. The third-order valence-corrected chi connectivity index (χ3v) is 3.57. The van der Waals surface area contributed by atoms with Gasteiger partial charge in [-0.25, -0.2) is 0 Å². The molecule has 2 nitrogen and oxygen atoms in total. The quantitative estimate of drug-likeness (QED) is 0.554. The van der Waals surface area contributed by atoms with Crippen molar-refractivity contribution in [2.45, 2.75) is 64.9 Å². The Balaban J connectivity index is 4.21. The van der Waals surface area contributed by atoms with E-state index < -0.39 is 10.0 Å². The summed E-state index contributed by atoms with van der Waals surface area (Å²) in [6, 6.07) is 0. The van der Waals surface area contributed by atoms with Crippen LogP contribution >= 0.6 is 0 Å². The first kappa shape index (κ1) is 14.1. The molecule has 0 unspecified atom stereocenters. The molecule has 3 heteroatoms. The largest absolute Gasteiger partial charge is 0.402 e. The van der Waals surface area contributed by atoms with Gasteiger partial charge in [-0.3, -0.25) is 0 Å². The monoisotopic (exact) mass is 218 g/mol. The van der Waals surface area contributed by atoms with E-state index in [4.69, 9.17) is 8.85 Å². The lowest BCUT2D eigenvalue weighted by molar-refractivity contribution is 0.0246. The zero-order valence-electron chi connectivity index (χ0n) is 10.3. The van der Waals surface area contributed by atoms with Crippen LogP contribution in [0.5, 0.6) is 0 Å². The first-order chi connectivity index (χ1) is 6.74. The Kier molecular flexibility index (Phi) is 8.53. The van der Waals surface area contributed by atoms with Crippen LogP contribution in [0, 0.1) is 0 Å². The third kappa shape index (κ3) is 5.13. The van der Waals surface area contributed by atoms with Gasteiger partial charge in [0.25, 0.3) is 0 Å². The van der Waals surface area contributed by atoms with Crippen LogP contribution in [-0.4, -0.2) is 22.7 Å². The lowest BCUT2D eigenvalue weighted by Crippen LogP contribution is -2.34. The SMILES string of the molecule is CCCC(CCC)(CCC)O[SiH2]OC. The Morgan fingerprint density at radius 3 is 1.64 bits per heavy atom.